The van der Waals surface area contributed by atoms with Crippen molar-refractivity contribution in [3.8, 4) is 5.75 Å². The van der Waals surface area contributed by atoms with Gasteiger partial charge in [-0.2, -0.15) is 4.31 Å². The highest BCUT2D eigenvalue weighted by Crippen LogP contribution is 2.23. The van der Waals surface area contributed by atoms with Crippen molar-refractivity contribution in [2.24, 2.45) is 0 Å². The van der Waals surface area contributed by atoms with Gasteiger partial charge in [-0.25, -0.2) is 8.42 Å². The van der Waals surface area contributed by atoms with Crippen LogP contribution in [0.5, 0.6) is 5.75 Å². The molecule has 0 saturated carbocycles. The molecule has 6 heteroatoms. The van der Waals surface area contributed by atoms with Crippen LogP contribution in [-0.4, -0.2) is 45.0 Å². The Balaban J connectivity index is 2.17. The molecule has 1 aliphatic rings. The van der Waals surface area contributed by atoms with Crippen molar-refractivity contribution in [2.75, 3.05) is 26.2 Å². The Labute approximate surface area is 127 Å². The molecule has 0 aliphatic carbocycles. The van der Waals surface area contributed by atoms with E-state index < -0.39 is 10.0 Å². The molecule has 118 valence electrons. The summed E-state index contributed by atoms with van der Waals surface area (Å²) in [7, 11) is -3.43. The summed E-state index contributed by atoms with van der Waals surface area (Å²) in [6.07, 6.45) is 1.79. The second-order valence-corrected chi connectivity index (χ2v) is 7.07. The average molecular weight is 312 g/mol. The smallest absolute Gasteiger partial charge is 0.243 e. The zero-order valence-electron chi connectivity index (χ0n) is 12.7. The van der Waals surface area contributed by atoms with E-state index in [1.807, 2.05) is 13.8 Å². The molecular formula is C15H24N2O3S. The van der Waals surface area contributed by atoms with Crippen molar-refractivity contribution < 1.29 is 13.2 Å². The lowest BCUT2D eigenvalue weighted by Crippen LogP contribution is -2.41. The third-order valence-corrected chi connectivity index (χ3v) is 5.70. The largest absolute Gasteiger partial charge is 0.494 e. The van der Waals surface area contributed by atoms with Crippen LogP contribution in [0.2, 0.25) is 0 Å². The number of sulfonamides is 1. The molecule has 2 rings (SSSR count). The molecule has 21 heavy (non-hydrogen) atoms. The summed E-state index contributed by atoms with van der Waals surface area (Å²) in [5, 5.41) is 3.22. The highest BCUT2D eigenvalue weighted by atomic mass is 32.2. The van der Waals surface area contributed by atoms with Crippen LogP contribution in [0.1, 0.15) is 26.7 Å². The van der Waals surface area contributed by atoms with Crippen molar-refractivity contribution in [2.45, 2.75) is 37.6 Å². The van der Waals surface area contributed by atoms with Crippen LogP contribution in [0.15, 0.2) is 29.2 Å². The molecule has 0 amide bonds. The molecule has 0 aromatic heterocycles. The first-order chi connectivity index (χ1) is 10.1. The van der Waals surface area contributed by atoms with Gasteiger partial charge < -0.3 is 10.1 Å². The van der Waals surface area contributed by atoms with Crippen molar-refractivity contribution in [3.63, 3.8) is 0 Å². The van der Waals surface area contributed by atoms with Gasteiger partial charge >= 0.3 is 0 Å². The Morgan fingerprint density at radius 3 is 2.52 bits per heavy atom. The van der Waals surface area contributed by atoms with E-state index in [4.69, 9.17) is 4.74 Å². The summed E-state index contributed by atoms with van der Waals surface area (Å²) >= 11 is 0. The molecule has 0 bridgehead atoms. The number of nitrogens with one attached hydrogen (secondary N) is 1. The molecule has 1 fully saturated rings. The quantitative estimate of drug-likeness (QED) is 0.835. The summed E-state index contributed by atoms with van der Waals surface area (Å²) in [6, 6.07) is 6.76. The van der Waals surface area contributed by atoms with Crippen LogP contribution in [0.25, 0.3) is 0 Å². The van der Waals surface area contributed by atoms with Crippen LogP contribution in [-0.2, 0) is 10.0 Å². The standard InChI is InChI=1S/C15H24N2O3S/c1-3-11-20-14-5-7-15(8-6-14)21(18,19)17(4-2)13-9-10-16-12-13/h5-8,13,16H,3-4,9-12H2,1-2H3. The molecule has 1 unspecified atom stereocenters. The fraction of sp³-hybridized carbons (Fsp3) is 0.600. The van der Waals surface area contributed by atoms with Gasteiger partial charge in [-0.3, -0.25) is 0 Å². The van der Waals surface area contributed by atoms with Crippen molar-refractivity contribution in [3.05, 3.63) is 24.3 Å². The van der Waals surface area contributed by atoms with Crippen molar-refractivity contribution >= 4 is 10.0 Å². The summed E-state index contributed by atoms with van der Waals surface area (Å²) < 4.78 is 32.5. The maximum Gasteiger partial charge on any atom is 0.243 e. The van der Waals surface area contributed by atoms with Gasteiger partial charge in [-0.05, 0) is 43.7 Å². The molecule has 1 aliphatic heterocycles. The van der Waals surface area contributed by atoms with E-state index in [1.165, 1.54) is 0 Å². The number of benzene rings is 1. The van der Waals surface area contributed by atoms with E-state index in [0.717, 1.165) is 25.9 Å². The summed E-state index contributed by atoms with van der Waals surface area (Å²) in [6.45, 7) is 6.65. The zero-order chi connectivity index (χ0) is 15.3. The minimum absolute atomic E-state index is 0.0519. The number of hydrogen-bond acceptors (Lipinski definition) is 4. The first-order valence-electron chi connectivity index (χ1n) is 7.55. The Bertz CT molecular complexity index is 537. The Kier molecular flexibility index (Phi) is 5.61. The van der Waals surface area contributed by atoms with E-state index >= 15 is 0 Å². The second-order valence-electron chi connectivity index (χ2n) is 5.17. The number of likely N-dealkylation sites (N-methyl/N-ethyl adjacent to an activating group) is 1. The average Bonchev–Trinajstić information content (AvgIpc) is 3.00. The second kappa shape index (κ2) is 7.24. The minimum atomic E-state index is -3.43. The fourth-order valence-electron chi connectivity index (χ4n) is 2.57. The molecule has 1 N–H and O–H groups in total. The molecule has 1 atom stereocenters. The number of nitrogens with zero attached hydrogens (tertiary/aromatic N) is 1. The predicted octanol–water partition coefficient (Wildman–Crippen LogP) is 1.85. The lowest BCUT2D eigenvalue weighted by atomic mass is 10.3. The number of ether oxygens (including phenoxy) is 1. The fourth-order valence-corrected chi connectivity index (χ4v) is 4.24. The predicted molar refractivity (Wildman–Crippen MR) is 83.1 cm³/mol. The molecular weight excluding hydrogens is 288 g/mol. The molecule has 1 saturated heterocycles. The SMILES string of the molecule is CCCOc1ccc(S(=O)(=O)N(CC)C2CCNC2)cc1. The van der Waals surface area contributed by atoms with Crippen LogP contribution in [0.3, 0.4) is 0 Å². The van der Waals surface area contributed by atoms with Crippen molar-refractivity contribution in [1.82, 2.24) is 9.62 Å². The zero-order valence-corrected chi connectivity index (χ0v) is 13.5. The van der Waals surface area contributed by atoms with Gasteiger partial charge in [-0.15, -0.1) is 0 Å². The number of rotatable bonds is 7. The summed E-state index contributed by atoms with van der Waals surface area (Å²) in [5.41, 5.74) is 0. The Morgan fingerprint density at radius 1 is 1.29 bits per heavy atom. The van der Waals surface area contributed by atoms with E-state index in [-0.39, 0.29) is 6.04 Å². The molecule has 1 aromatic rings. The van der Waals surface area contributed by atoms with E-state index in [0.29, 0.717) is 23.8 Å². The van der Waals surface area contributed by atoms with E-state index in [9.17, 15) is 8.42 Å². The van der Waals surface area contributed by atoms with Gasteiger partial charge in [0.05, 0.1) is 11.5 Å². The monoisotopic (exact) mass is 312 g/mol. The van der Waals surface area contributed by atoms with Gasteiger partial charge in [0.1, 0.15) is 5.75 Å². The summed E-state index contributed by atoms with van der Waals surface area (Å²) in [4.78, 5) is 0.333. The Morgan fingerprint density at radius 2 is 2.00 bits per heavy atom. The van der Waals surface area contributed by atoms with Gasteiger partial charge in [0.15, 0.2) is 0 Å². The number of hydrogen-bond donors (Lipinski definition) is 1. The van der Waals surface area contributed by atoms with Gasteiger partial charge in [0, 0.05) is 19.1 Å². The highest BCUT2D eigenvalue weighted by molar-refractivity contribution is 7.89. The highest BCUT2D eigenvalue weighted by Gasteiger charge is 2.31. The maximum atomic E-state index is 12.7. The van der Waals surface area contributed by atoms with E-state index in [2.05, 4.69) is 5.32 Å². The molecule has 1 heterocycles. The summed E-state index contributed by atoms with van der Waals surface area (Å²) in [5.74, 6) is 0.710. The molecule has 1 aromatic carbocycles. The lowest BCUT2D eigenvalue weighted by molar-refractivity contribution is 0.317. The molecule has 0 spiro atoms. The van der Waals surface area contributed by atoms with Crippen molar-refractivity contribution in [1.29, 1.82) is 0 Å². The first kappa shape index (κ1) is 16.3. The topological polar surface area (TPSA) is 58.6 Å². The maximum absolute atomic E-state index is 12.7. The van der Waals surface area contributed by atoms with Gasteiger partial charge in [0.2, 0.25) is 10.0 Å². The third-order valence-electron chi connectivity index (χ3n) is 3.66. The van der Waals surface area contributed by atoms with Crippen LogP contribution < -0.4 is 10.1 Å². The van der Waals surface area contributed by atoms with Crippen LogP contribution in [0.4, 0.5) is 0 Å². The van der Waals surface area contributed by atoms with Crippen LogP contribution >= 0.6 is 0 Å². The van der Waals surface area contributed by atoms with Gasteiger partial charge in [-0.1, -0.05) is 13.8 Å². The lowest BCUT2D eigenvalue weighted by Gasteiger charge is -2.26. The molecule has 0 radical (unpaired) electrons. The first-order valence-corrected chi connectivity index (χ1v) is 8.99. The molecule has 5 nitrogen and oxygen atoms in total. The van der Waals surface area contributed by atoms with Gasteiger partial charge in [0.25, 0.3) is 0 Å². The van der Waals surface area contributed by atoms with E-state index in [1.54, 1.807) is 28.6 Å². The third kappa shape index (κ3) is 3.75. The normalized spacial score (nSPS) is 19.1. The Hall–Kier alpha value is -1.11. The van der Waals surface area contributed by atoms with Crippen LogP contribution in [0, 0.1) is 0 Å². The minimum Gasteiger partial charge on any atom is -0.494 e.